The number of ether oxygens (including phenoxy) is 2. The van der Waals surface area contributed by atoms with Gasteiger partial charge >= 0.3 is 0 Å². The van der Waals surface area contributed by atoms with Crippen LogP contribution in [-0.4, -0.2) is 25.1 Å². The van der Waals surface area contributed by atoms with Gasteiger partial charge in [0.2, 0.25) is 5.91 Å². The molecule has 0 bridgehead atoms. The number of methoxy groups -OCH3 is 2. The summed E-state index contributed by atoms with van der Waals surface area (Å²) in [7, 11) is 3.10. The number of carbonyl (C=O) groups excluding carboxylic acids is 1. The summed E-state index contributed by atoms with van der Waals surface area (Å²) in [5, 5.41) is 5.29. The van der Waals surface area contributed by atoms with Gasteiger partial charge in [0, 0.05) is 23.4 Å². The van der Waals surface area contributed by atoms with Gasteiger partial charge in [-0.1, -0.05) is 12.1 Å². The van der Waals surface area contributed by atoms with E-state index in [1.54, 1.807) is 43.5 Å². The van der Waals surface area contributed by atoms with E-state index in [2.05, 4.69) is 10.3 Å². The van der Waals surface area contributed by atoms with E-state index in [4.69, 9.17) is 9.47 Å². The SMILES string of the molecule is COc1ccc(NC(=O)CCc2csc(-c3ccccc3F)n2)c(OC)c1. The molecule has 0 aliphatic rings. The smallest absolute Gasteiger partial charge is 0.224 e. The molecule has 0 unspecified atom stereocenters. The molecule has 3 rings (SSSR count). The van der Waals surface area contributed by atoms with Gasteiger partial charge < -0.3 is 14.8 Å². The molecular formula is C20H19FN2O3S. The van der Waals surface area contributed by atoms with Gasteiger partial charge in [-0.15, -0.1) is 11.3 Å². The Bertz CT molecular complexity index is 942. The molecule has 1 amide bonds. The van der Waals surface area contributed by atoms with Crippen LogP contribution >= 0.6 is 11.3 Å². The van der Waals surface area contributed by atoms with Crippen molar-refractivity contribution in [3.8, 4) is 22.1 Å². The molecule has 1 N–H and O–H groups in total. The maximum absolute atomic E-state index is 13.8. The Labute approximate surface area is 160 Å². The predicted octanol–water partition coefficient (Wildman–Crippen LogP) is 4.54. The minimum absolute atomic E-state index is 0.154. The molecule has 5 nitrogen and oxygen atoms in total. The van der Waals surface area contributed by atoms with Crippen LogP contribution < -0.4 is 14.8 Å². The molecule has 0 spiro atoms. The van der Waals surface area contributed by atoms with Crippen molar-refractivity contribution >= 4 is 22.9 Å². The van der Waals surface area contributed by atoms with Gasteiger partial charge in [0.25, 0.3) is 0 Å². The lowest BCUT2D eigenvalue weighted by Crippen LogP contribution is -2.13. The highest BCUT2D eigenvalue weighted by Crippen LogP contribution is 2.29. The second-order valence-electron chi connectivity index (χ2n) is 5.74. The number of nitrogens with zero attached hydrogens (tertiary/aromatic N) is 1. The molecule has 7 heteroatoms. The molecule has 1 heterocycles. The maximum atomic E-state index is 13.8. The molecule has 140 valence electrons. The molecule has 3 aromatic rings. The first-order valence-corrected chi connectivity index (χ1v) is 9.20. The zero-order valence-electron chi connectivity index (χ0n) is 15.0. The molecular weight excluding hydrogens is 367 g/mol. The normalized spacial score (nSPS) is 10.5. The topological polar surface area (TPSA) is 60.5 Å². The number of carbonyl (C=O) groups is 1. The molecule has 1 aromatic heterocycles. The van der Waals surface area contributed by atoms with Gasteiger partial charge in [0.15, 0.2) is 0 Å². The fraction of sp³-hybridized carbons (Fsp3) is 0.200. The Kier molecular flexibility index (Phi) is 6.03. The van der Waals surface area contributed by atoms with Gasteiger partial charge in [-0.05, 0) is 30.7 Å². The Morgan fingerprint density at radius 1 is 1.19 bits per heavy atom. The summed E-state index contributed by atoms with van der Waals surface area (Å²) in [4.78, 5) is 16.7. The molecule has 0 aliphatic carbocycles. The summed E-state index contributed by atoms with van der Waals surface area (Å²) >= 11 is 1.37. The average Bonchev–Trinajstić information content (AvgIpc) is 3.16. The standard InChI is InChI=1S/C20H19FN2O3S/c1-25-14-8-9-17(18(11-14)26-2)23-19(24)10-7-13-12-27-20(22-13)15-5-3-4-6-16(15)21/h3-6,8-9,11-12H,7,10H2,1-2H3,(H,23,24). The number of nitrogens with one attached hydrogen (secondary N) is 1. The van der Waals surface area contributed by atoms with Gasteiger partial charge in [-0.25, -0.2) is 9.37 Å². The van der Waals surface area contributed by atoms with Crippen LogP contribution in [0.1, 0.15) is 12.1 Å². The lowest BCUT2D eigenvalue weighted by Gasteiger charge is -2.11. The van der Waals surface area contributed by atoms with Crippen molar-refractivity contribution in [2.45, 2.75) is 12.8 Å². The lowest BCUT2D eigenvalue weighted by atomic mass is 10.2. The molecule has 0 atom stereocenters. The highest BCUT2D eigenvalue weighted by molar-refractivity contribution is 7.13. The third-order valence-electron chi connectivity index (χ3n) is 3.95. The van der Waals surface area contributed by atoms with Crippen molar-refractivity contribution in [2.24, 2.45) is 0 Å². The van der Waals surface area contributed by atoms with Crippen LogP contribution in [0.5, 0.6) is 11.5 Å². The first-order chi connectivity index (χ1) is 13.1. The van der Waals surface area contributed by atoms with Crippen LogP contribution in [0, 0.1) is 5.82 Å². The second-order valence-corrected chi connectivity index (χ2v) is 6.60. The quantitative estimate of drug-likeness (QED) is 0.648. The van der Waals surface area contributed by atoms with Gasteiger partial charge in [-0.2, -0.15) is 0 Å². The Morgan fingerprint density at radius 2 is 2.00 bits per heavy atom. The van der Waals surface area contributed by atoms with Crippen molar-refractivity contribution < 1.29 is 18.7 Å². The molecule has 0 saturated heterocycles. The number of benzene rings is 2. The number of hydrogen-bond acceptors (Lipinski definition) is 5. The number of anilines is 1. The fourth-order valence-corrected chi connectivity index (χ4v) is 3.42. The van der Waals surface area contributed by atoms with Crippen LogP contribution in [0.4, 0.5) is 10.1 Å². The van der Waals surface area contributed by atoms with Crippen LogP contribution in [0.15, 0.2) is 47.8 Å². The molecule has 0 saturated carbocycles. The fourth-order valence-electron chi connectivity index (χ4n) is 2.54. The van der Waals surface area contributed by atoms with Crippen LogP contribution in [-0.2, 0) is 11.2 Å². The van der Waals surface area contributed by atoms with Crippen molar-refractivity contribution in [3.05, 3.63) is 59.4 Å². The summed E-state index contributed by atoms with van der Waals surface area (Å²) in [6.45, 7) is 0. The Morgan fingerprint density at radius 3 is 2.74 bits per heavy atom. The average molecular weight is 386 g/mol. The number of aryl methyl sites for hydroxylation is 1. The van der Waals surface area contributed by atoms with Crippen molar-refractivity contribution in [3.63, 3.8) is 0 Å². The Hall–Kier alpha value is -2.93. The monoisotopic (exact) mass is 386 g/mol. The largest absolute Gasteiger partial charge is 0.497 e. The first kappa shape index (κ1) is 18.8. The highest BCUT2D eigenvalue weighted by Gasteiger charge is 2.12. The van der Waals surface area contributed by atoms with Crippen LogP contribution in [0.3, 0.4) is 0 Å². The van der Waals surface area contributed by atoms with Crippen molar-refractivity contribution in [1.82, 2.24) is 4.98 Å². The lowest BCUT2D eigenvalue weighted by molar-refractivity contribution is -0.116. The maximum Gasteiger partial charge on any atom is 0.224 e. The minimum atomic E-state index is -0.303. The molecule has 0 aliphatic heterocycles. The molecule has 2 aromatic carbocycles. The molecule has 0 fully saturated rings. The zero-order valence-corrected chi connectivity index (χ0v) is 15.8. The number of aromatic nitrogens is 1. The van der Waals surface area contributed by atoms with Gasteiger partial charge in [-0.3, -0.25) is 4.79 Å². The van der Waals surface area contributed by atoms with E-state index in [0.29, 0.717) is 34.2 Å². The number of rotatable bonds is 7. The van der Waals surface area contributed by atoms with E-state index in [0.717, 1.165) is 5.69 Å². The van der Waals surface area contributed by atoms with E-state index >= 15 is 0 Å². The number of hydrogen-bond donors (Lipinski definition) is 1. The van der Waals surface area contributed by atoms with E-state index in [1.165, 1.54) is 24.5 Å². The summed E-state index contributed by atoms with van der Waals surface area (Å²) in [6.07, 6.45) is 0.727. The zero-order chi connectivity index (χ0) is 19.2. The molecule has 0 radical (unpaired) electrons. The summed E-state index contributed by atoms with van der Waals surface area (Å²) < 4.78 is 24.3. The van der Waals surface area contributed by atoms with Crippen molar-refractivity contribution in [1.29, 1.82) is 0 Å². The second kappa shape index (κ2) is 8.64. The van der Waals surface area contributed by atoms with Gasteiger partial charge in [0.05, 0.1) is 25.6 Å². The Balaban J connectivity index is 1.61. The minimum Gasteiger partial charge on any atom is -0.497 e. The highest BCUT2D eigenvalue weighted by atomic mass is 32.1. The summed E-state index contributed by atoms with van der Waals surface area (Å²) in [5.74, 6) is 0.716. The van der Waals surface area contributed by atoms with Gasteiger partial charge in [0.1, 0.15) is 22.3 Å². The van der Waals surface area contributed by atoms with E-state index in [-0.39, 0.29) is 18.1 Å². The van der Waals surface area contributed by atoms with E-state index in [1.807, 2.05) is 5.38 Å². The third kappa shape index (κ3) is 4.62. The first-order valence-electron chi connectivity index (χ1n) is 8.32. The number of thiazole rings is 1. The van der Waals surface area contributed by atoms with Crippen LogP contribution in [0.25, 0.3) is 10.6 Å². The van der Waals surface area contributed by atoms with Crippen molar-refractivity contribution in [2.75, 3.05) is 19.5 Å². The number of halogens is 1. The van der Waals surface area contributed by atoms with E-state index in [9.17, 15) is 9.18 Å². The van der Waals surface area contributed by atoms with E-state index < -0.39 is 0 Å². The number of amides is 1. The summed E-state index contributed by atoms with van der Waals surface area (Å²) in [6, 6.07) is 11.7. The predicted molar refractivity (Wildman–Crippen MR) is 104 cm³/mol. The molecule has 27 heavy (non-hydrogen) atoms. The summed E-state index contributed by atoms with van der Waals surface area (Å²) in [5.41, 5.74) is 1.81. The van der Waals surface area contributed by atoms with Crippen LogP contribution in [0.2, 0.25) is 0 Å². The third-order valence-corrected chi connectivity index (χ3v) is 4.87.